The number of nitrogens with one attached hydrogen (secondary N) is 2. The molecule has 2 aromatic carbocycles. The summed E-state index contributed by atoms with van der Waals surface area (Å²) in [5.74, 6) is -1.03. The summed E-state index contributed by atoms with van der Waals surface area (Å²) in [6.45, 7) is 8.10. The van der Waals surface area contributed by atoms with Gasteiger partial charge < -0.3 is 10.6 Å². The van der Waals surface area contributed by atoms with Gasteiger partial charge in [0.05, 0.1) is 4.90 Å². The van der Waals surface area contributed by atoms with Crippen LogP contribution in [0.15, 0.2) is 53.4 Å². The van der Waals surface area contributed by atoms with Crippen LogP contribution in [0.2, 0.25) is 5.02 Å². The number of rotatable bonds is 10. The van der Waals surface area contributed by atoms with Crippen molar-refractivity contribution in [3.05, 3.63) is 64.7 Å². The van der Waals surface area contributed by atoms with Gasteiger partial charge in [-0.25, -0.2) is 8.42 Å². The number of amides is 2. The van der Waals surface area contributed by atoms with Gasteiger partial charge in [-0.15, -0.1) is 0 Å². The van der Waals surface area contributed by atoms with E-state index in [-0.39, 0.29) is 28.8 Å². The van der Waals surface area contributed by atoms with E-state index in [4.69, 9.17) is 11.6 Å². The summed E-state index contributed by atoms with van der Waals surface area (Å²) in [5, 5.41) is 6.12. The minimum atomic E-state index is -3.70. The highest BCUT2D eigenvalue weighted by atomic mass is 35.5. The second kappa shape index (κ2) is 11.4. The van der Waals surface area contributed by atoms with Gasteiger partial charge in [0.1, 0.15) is 6.04 Å². The van der Waals surface area contributed by atoms with Crippen molar-refractivity contribution in [3.8, 4) is 0 Å². The van der Waals surface area contributed by atoms with Gasteiger partial charge in [-0.2, -0.15) is 4.31 Å². The van der Waals surface area contributed by atoms with Gasteiger partial charge >= 0.3 is 0 Å². The van der Waals surface area contributed by atoms with Crippen molar-refractivity contribution < 1.29 is 18.0 Å². The van der Waals surface area contributed by atoms with Crippen molar-refractivity contribution in [1.29, 1.82) is 0 Å². The SMILES string of the molecule is CCN(CC)S(=O)(=O)c1cccc(C(=O)N[C@H](C(=O)NCc2cccc(Cl)c2)C(C)C)c1. The summed E-state index contributed by atoms with van der Waals surface area (Å²) in [4.78, 5) is 25.6. The first-order valence-electron chi connectivity index (χ1n) is 10.5. The maximum absolute atomic E-state index is 12.9. The molecule has 2 N–H and O–H groups in total. The molecule has 0 aliphatic heterocycles. The summed E-state index contributed by atoms with van der Waals surface area (Å²) < 4.78 is 26.9. The molecule has 0 aliphatic rings. The third kappa shape index (κ3) is 6.54. The van der Waals surface area contributed by atoms with E-state index in [1.165, 1.54) is 28.6 Å². The molecule has 32 heavy (non-hydrogen) atoms. The topological polar surface area (TPSA) is 95.6 Å². The molecule has 2 rings (SSSR count). The second-order valence-electron chi connectivity index (χ2n) is 7.66. The number of nitrogens with zero attached hydrogens (tertiary/aromatic N) is 1. The Morgan fingerprint density at radius 2 is 1.69 bits per heavy atom. The zero-order chi connectivity index (χ0) is 23.9. The third-order valence-corrected chi connectivity index (χ3v) is 7.31. The van der Waals surface area contributed by atoms with Gasteiger partial charge in [-0.1, -0.05) is 57.5 Å². The van der Waals surface area contributed by atoms with E-state index < -0.39 is 22.0 Å². The van der Waals surface area contributed by atoms with Crippen molar-refractivity contribution in [2.45, 2.75) is 45.2 Å². The van der Waals surface area contributed by atoms with Crippen molar-refractivity contribution in [3.63, 3.8) is 0 Å². The molecule has 9 heteroatoms. The Morgan fingerprint density at radius 1 is 1.03 bits per heavy atom. The fourth-order valence-corrected chi connectivity index (χ4v) is 4.93. The lowest BCUT2D eigenvalue weighted by atomic mass is 10.0. The van der Waals surface area contributed by atoms with E-state index in [1.807, 2.05) is 19.9 Å². The Labute approximate surface area is 195 Å². The van der Waals surface area contributed by atoms with Gasteiger partial charge in [-0.05, 0) is 41.8 Å². The van der Waals surface area contributed by atoms with E-state index in [1.54, 1.807) is 32.0 Å². The van der Waals surface area contributed by atoms with Crippen LogP contribution >= 0.6 is 11.6 Å². The van der Waals surface area contributed by atoms with Crippen LogP contribution in [-0.2, 0) is 21.4 Å². The second-order valence-corrected chi connectivity index (χ2v) is 10.0. The molecule has 0 spiro atoms. The number of sulfonamides is 1. The van der Waals surface area contributed by atoms with Crippen LogP contribution in [0, 0.1) is 5.92 Å². The largest absolute Gasteiger partial charge is 0.350 e. The van der Waals surface area contributed by atoms with Crippen molar-refractivity contribution in [2.24, 2.45) is 5.92 Å². The summed E-state index contributed by atoms with van der Waals surface area (Å²) in [5.41, 5.74) is 1.01. The van der Waals surface area contributed by atoms with Crippen molar-refractivity contribution >= 4 is 33.4 Å². The summed E-state index contributed by atoms with van der Waals surface area (Å²) in [6, 6.07) is 12.2. The first-order valence-corrected chi connectivity index (χ1v) is 12.3. The highest BCUT2D eigenvalue weighted by molar-refractivity contribution is 7.89. The van der Waals surface area contributed by atoms with E-state index in [9.17, 15) is 18.0 Å². The number of carbonyl (C=O) groups excluding carboxylic acids is 2. The fourth-order valence-electron chi connectivity index (χ4n) is 3.22. The van der Waals surface area contributed by atoms with Crippen LogP contribution in [0.4, 0.5) is 0 Å². The molecule has 2 amide bonds. The molecule has 0 aliphatic carbocycles. The maximum Gasteiger partial charge on any atom is 0.251 e. The summed E-state index contributed by atoms with van der Waals surface area (Å²) in [6.07, 6.45) is 0. The molecule has 7 nitrogen and oxygen atoms in total. The molecular weight excluding hydrogens is 450 g/mol. The standard InChI is InChI=1S/C23H30ClN3O4S/c1-5-27(6-2)32(30,31)20-12-8-10-18(14-20)22(28)26-21(16(3)4)23(29)25-15-17-9-7-11-19(24)13-17/h7-14,16,21H,5-6,15H2,1-4H3,(H,25,29)(H,26,28)/t21-/m0/s1. The predicted octanol–water partition coefficient (Wildman–Crippen LogP) is 3.44. The molecule has 174 valence electrons. The van der Waals surface area contributed by atoms with Crippen LogP contribution < -0.4 is 10.6 Å². The van der Waals surface area contributed by atoms with Crippen LogP contribution in [0.1, 0.15) is 43.6 Å². The molecular formula is C23H30ClN3O4S. The third-order valence-electron chi connectivity index (χ3n) is 5.03. The van der Waals surface area contributed by atoms with Crippen LogP contribution in [0.25, 0.3) is 0 Å². The number of halogens is 1. The first kappa shape index (κ1) is 25.8. The van der Waals surface area contributed by atoms with Gasteiger partial charge in [-0.3, -0.25) is 9.59 Å². The number of hydrogen-bond acceptors (Lipinski definition) is 4. The molecule has 0 fully saturated rings. The van der Waals surface area contributed by atoms with Crippen molar-refractivity contribution in [1.82, 2.24) is 14.9 Å². The Balaban J connectivity index is 2.15. The number of benzene rings is 2. The Bertz CT molecular complexity index is 1050. The predicted molar refractivity (Wildman–Crippen MR) is 126 cm³/mol. The van der Waals surface area contributed by atoms with E-state index >= 15 is 0 Å². The molecule has 0 aromatic heterocycles. The Kier molecular flexibility index (Phi) is 9.24. The maximum atomic E-state index is 12.9. The molecule has 0 bridgehead atoms. The van der Waals surface area contributed by atoms with Crippen molar-refractivity contribution in [2.75, 3.05) is 13.1 Å². The van der Waals surface area contributed by atoms with Gasteiger partial charge in [0, 0.05) is 30.2 Å². The van der Waals surface area contributed by atoms with E-state index in [2.05, 4.69) is 10.6 Å². The normalized spacial score (nSPS) is 12.6. The molecule has 1 atom stereocenters. The summed E-state index contributed by atoms with van der Waals surface area (Å²) >= 11 is 5.98. The Hall–Kier alpha value is -2.42. The highest BCUT2D eigenvalue weighted by Crippen LogP contribution is 2.17. The monoisotopic (exact) mass is 479 g/mol. The minimum Gasteiger partial charge on any atom is -0.350 e. The molecule has 0 saturated carbocycles. The molecule has 0 unspecified atom stereocenters. The molecule has 0 saturated heterocycles. The van der Waals surface area contributed by atoms with Gasteiger partial charge in [0.15, 0.2) is 0 Å². The molecule has 0 heterocycles. The van der Waals surface area contributed by atoms with Crippen LogP contribution in [0.5, 0.6) is 0 Å². The average Bonchev–Trinajstić information content (AvgIpc) is 2.76. The number of hydrogen-bond donors (Lipinski definition) is 2. The number of carbonyl (C=O) groups is 2. The van der Waals surface area contributed by atoms with Gasteiger partial charge in [0.2, 0.25) is 15.9 Å². The Morgan fingerprint density at radius 3 is 2.28 bits per heavy atom. The zero-order valence-electron chi connectivity index (χ0n) is 18.8. The van der Waals surface area contributed by atoms with E-state index in [0.717, 1.165) is 5.56 Å². The molecule has 2 aromatic rings. The van der Waals surface area contributed by atoms with Crippen LogP contribution in [0.3, 0.4) is 0 Å². The lowest BCUT2D eigenvalue weighted by Crippen LogP contribution is -2.49. The first-order chi connectivity index (χ1) is 15.1. The average molecular weight is 480 g/mol. The lowest BCUT2D eigenvalue weighted by molar-refractivity contribution is -0.124. The summed E-state index contributed by atoms with van der Waals surface area (Å²) in [7, 11) is -3.70. The van der Waals surface area contributed by atoms with Gasteiger partial charge in [0.25, 0.3) is 5.91 Å². The lowest BCUT2D eigenvalue weighted by Gasteiger charge is -2.22. The fraction of sp³-hybridized carbons (Fsp3) is 0.391. The zero-order valence-corrected chi connectivity index (χ0v) is 20.3. The van der Waals surface area contributed by atoms with Crippen LogP contribution in [-0.4, -0.2) is 43.7 Å². The smallest absolute Gasteiger partial charge is 0.251 e. The quantitative estimate of drug-likeness (QED) is 0.545. The minimum absolute atomic E-state index is 0.0420. The molecule has 0 radical (unpaired) electrons. The highest BCUT2D eigenvalue weighted by Gasteiger charge is 2.26. The van der Waals surface area contributed by atoms with E-state index in [0.29, 0.717) is 18.1 Å².